The number of aromatic carboxylic acids is 1. The van der Waals surface area contributed by atoms with Crippen LogP contribution in [0, 0.1) is 0 Å². The monoisotopic (exact) mass is 251 g/mol. The lowest BCUT2D eigenvalue weighted by molar-refractivity contribution is 0.0126. The Bertz CT molecular complexity index is 457. The summed E-state index contributed by atoms with van der Waals surface area (Å²) in [5.41, 5.74) is 2.82. The Hall–Kier alpha value is -1.99. The van der Waals surface area contributed by atoms with Gasteiger partial charge in [-0.1, -0.05) is 0 Å². The van der Waals surface area contributed by atoms with Crippen molar-refractivity contribution >= 4 is 11.9 Å². The number of nitrogens with one attached hydrogen (secondary N) is 1. The first kappa shape index (κ1) is 12.5. The molecule has 1 aromatic heterocycles. The molecule has 1 saturated heterocycles. The fraction of sp³-hybridized carbons (Fsp3) is 0.364. The van der Waals surface area contributed by atoms with Crippen LogP contribution < -0.4 is 5.43 Å². The summed E-state index contributed by atoms with van der Waals surface area (Å²) in [6.45, 7) is 2.36. The number of carbonyl (C=O) groups is 2. The number of rotatable bonds is 3. The van der Waals surface area contributed by atoms with Crippen molar-refractivity contribution in [3.05, 3.63) is 29.6 Å². The number of hydrogen-bond acceptors (Lipinski definition) is 5. The number of amides is 1. The van der Waals surface area contributed by atoms with E-state index in [-0.39, 0.29) is 17.2 Å². The first-order valence-electron chi connectivity index (χ1n) is 5.50. The SMILES string of the molecule is O=C(NN1CCOCC1)c1ccnc(C(=O)O)c1. The smallest absolute Gasteiger partial charge is 0.354 e. The van der Waals surface area contributed by atoms with Crippen molar-refractivity contribution in [1.82, 2.24) is 15.4 Å². The highest BCUT2D eigenvalue weighted by atomic mass is 16.5. The van der Waals surface area contributed by atoms with Crippen LogP contribution in [0.1, 0.15) is 20.8 Å². The third-order valence-electron chi connectivity index (χ3n) is 2.51. The fourth-order valence-electron chi connectivity index (χ4n) is 1.57. The average molecular weight is 251 g/mol. The molecule has 1 aromatic rings. The van der Waals surface area contributed by atoms with Crippen molar-refractivity contribution in [2.45, 2.75) is 0 Å². The lowest BCUT2D eigenvalue weighted by Crippen LogP contribution is -2.48. The van der Waals surface area contributed by atoms with Crippen LogP contribution in [0.3, 0.4) is 0 Å². The van der Waals surface area contributed by atoms with E-state index in [4.69, 9.17) is 9.84 Å². The van der Waals surface area contributed by atoms with Gasteiger partial charge in [0.15, 0.2) is 0 Å². The maximum atomic E-state index is 11.9. The van der Waals surface area contributed by atoms with Crippen molar-refractivity contribution in [2.75, 3.05) is 26.3 Å². The molecule has 2 N–H and O–H groups in total. The number of morpholine rings is 1. The minimum Gasteiger partial charge on any atom is -0.477 e. The summed E-state index contributed by atoms with van der Waals surface area (Å²) >= 11 is 0. The van der Waals surface area contributed by atoms with Gasteiger partial charge in [-0.05, 0) is 12.1 Å². The highest BCUT2D eigenvalue weighted by Crippen LogP contribution is 2.03. The van der Waals surface area contributed by atoms with E-state index >= 15 is 0 Å². The molecule has 2 rings (SSSR count). The molecular formula is C11H13N3O4. The summed E-state index contributed by atoms with van der Waals surface area (Å²) in [5.74, 6) is -1.50. The van der Waals surface area contributed by atoms with E-state index in [0.717, 1.165) is 0 Å². The Balaban J connectivity index is 2.03. The molecule has 0 aromatic carbocycles. The zero-order valence-corrected chi connectivity index (χ0v) is 9.63. The Morgan fingerprint density at radius 3 is 2.78 bits per heavy atom. The van der Waals surface area contributed by atoms with Gasteiger partial charge in [0.1, 0.15) is 5.69 Å². The molecule has 7 heteroatoms. The van der Waals surface area contributed by atoms with Crippen molar-refractivity contribution in [3.63, 3.8) is 0 Å². The second kappa shape index (κ2) is 5.56. The molecule has 2 heterocycles. The average Bonchev–Trinajstić information content (AvgIpc) is 2.40. The fourth-order valence-corrected chi connectivity index (χ4v) is 1.57. The minimum absolute atomic E-state index is 0.148. The number of pyridine rings is 1. The van der Waals surface area contributed by atoms with Gasteiger partial charge in [0, 0.05) is 24.8 Å². The van der Waals surface area contributed by atoms with Crippen LogP contribution in [0.15, 0.2) is 18.3 Å². The zero-order chi connectivity index (χ0) is 13.0. The summed E-state index contributed by atoms with van der Waals surface area (Å²) < 4.78 is 5.16. The van der Waals surface area contributed by atoms with Gasteiger partial charge in [-0.3, -0.25) is 10.2 Å². The number of carbonyl (C=O) groups excluding carboxylic acids is 1. The molecule has 1 fully saturated rings. The Labute approximate surface area is 103 Å². The summed E-state index contributed by atoms with van der Waals surface area (Å²) in [6, 6.07) is 2.72. The van der Waals surface area contributed by atoms with E-state index in [2.05, 4.69) is 10.4 Å². The van der Waals surface area contributed by atoms with Crippen molar-refractivity contribution < 1.29 is 19.4 Å². The topological polar surface area (TPSA) is 91.8 Å². The van der Waals surface area contributed by atoms with Crippen molar-refractivity contribution in [2.24, 2.45) is 0 Å². The molecule has 1 aliphatic heterocycles. The molecule has 0 bridgehead atoms. The summed E-state index contributed by atoms with van der Waals surface area (Å²) in [5, 5.41) is 10.5. The van der Waals surface area contributed by atoms with Gasteiger partial charge in [-0.25, -0.2) is 14.8 Å². The normalized spacial score (nSPS) is 16.2. The minimum atomic E-state index is -1.16. The van der Waals surface area contributed by atoms with E-state index in [1.165, 1.54) is 18.3 Å². The largest absolute Gasteiger partial charge is 0.477 e. The number of hydrogen-bond donors (Lipinski definition) is 2. The molecule has 0 unspecified atom stereocenters. The van der Waals surface area contributed by atoms with Crippen LogP contribution >= 0.6 is 0 Å². The Kier molecular flexibility index (Phi) is 3.85. The predicted octanol–water partition coefficient (Wildman–Crippen LogP) is -0.243. The molecule has 0 aliphatic carbocycles. The van der Waals surface area contributed by atoms with Crippen LogP contribution in [0.5, 0.6) is 0 Å². The van der Waals surface area contributed by atoms with Gasteiger partial charge in [0.05, 0.1) is 13.2 Å². The molecule has 0 radical (unpaired) electrons. The summed E-state index contributed by atoms with van der Waals surface area (Å²) in [7, 11) is 0. The van der Waals surface area contributed by atoms with Crippen LogP contribution in [-0.4, -0.2) is 53.3 Å². The maximum absolute atomic E-state index is 11.9. The maximum Gasteiger partial charge on any atom is 0.354 e. The van der Waals surface area contributed by atoms with Gasteiger partial charge in [0.2, 0.25) is 0 Å². The van der Waals surface area contributed by atoms with E-state index in [0.29, 0.717) is 26.3 Å². The molecule has 7 nitrogen and oxygen atoms in total. The molecule has 0 spiro atoms. The summed E-state index contributed by atoms with van der Waals surface area (Å²) in [4.78, 5) is 26.3. The number of carboxylic acid groups (broad SMARTS) is 1. The highest BCUT2D eigenvalue weighted by Gasteiger charge is 2.15. The molecule has 0 saturated carbocycles. The van der Waals surface area contributed by atoms with E-state index in [1.54, 1.807) is 5.01 Å². The number of hydrazine groups is 1. The zero-order valence-electron chi connectivity index (χ0n) is 9.63. The lowest BCUT2D eigenvalue weighted by atomic mass is 10.2. The van der Waals surface area contributed by atoms with Gasteiger partial charge < -0.3 is 9.84 Å². The third-order valence-corrected chi connectivity index (χ3v) is 2.51. The molecule has 1 amide bonds. The van der Waals surface area contributed by atoms with Crippen LogP contribution in [-0.2, 0) is 4.74 Å². The van der Waals surface area contributed by atoms with Gasteiger partial charge in [0.25, 0.3) is 5.91 Å². The van der Waals surface area contributed by atoms with Gasteiger partial charge in [-0.15, -0.1) is 0 Å². The standard InChI is InChI=1S/C11H13N3O4/c15-10(13-14-3-5-18-6-4-14)8-1-2-12-9(7-8)11(16)17/h1-2,7H,3-6H2,(H,13,15)(H,16,17). The van der Waals surface area contributed by atoms with E-state index < -0.39 is 5.97 Å². The molecular weight excluding hydrogens is 238 g/mol. The lowest BCUT2D eigenvalue weighted by Gasteiger charge is -2.26. The van der Waals surface area contributed by atoms with Gasteiger partial charge >= 0.3 is 5.97 Å². The highest BCUT2D eigenvalue weighted by molar-refractivity contribution is 5.96. The molecule has 18 heavy (non-hydrogen) atoms. The quantitative estimate of drug-likeness (QED) is 0.770. The number of carboxylic acids is 1. The number of ether oxygens (including phenoxy) is 1. The summed E-state index contributed by atoms with van der Waals surface area (Å²) in [6.07, 6.45) is 1.30. The number of nitrogens with zero attached hydrogens (tertiary/aromatic N) is 2. The Morgan fingerprint density at radius 1 is 1.39 bits per heavy atom. The van der Waals surface area contributed by atoms with Crippen LogP contribution in [0.25, 0.3) is 0 Å². The van der Waals surface area contributed by atoms with Gasteiger partial charge in [-0.2, -0.15) is 0 Å². The second-order valence-electron chi connectivity index (χ2n) is 3.78. The molecule has 1 aliphatic rings. The van der Waals surface area contributed by atoms with E-state index in [1.807, 2.05) is 0 Å². The predicted molar refractivity (Wildman–Crippen MR) is 61.1 cm³/mol. The van der Waals surface area contributed by atoms with E-state index in [9.17, 15) is 9.59 Å². The van der Waals surface area contributed by atoms with Crippen LogP contribution in [0.2, 0.25) is 0 Å². The molecule has 0 atom stereocenters. The first-order chi connectivity index (χ1) is 8.66. The third kappa shape index (κ3) is 3.02. The number of aromatic nitrogens is 1. The van der Waals surface area contributed by atoms with Crippen LogP contribution in [0.4, 0.5) is 0 Å². The first-order valence-corrected chi connectivity index (χ1v) is 5.50. The van der Waals surface area contributed by atoms with Crippen molar-refractivity contribution in [1.29, 1.82) is 0 Å². The van der Waals surface area contributed by atoms with Crippen molar-refractivity contribution in [3.8, 4) is 0 Å². The molecule has 96 valence electrons. The Morgan fingerprint density at radius 2 is 2.11 bits per heavy atom. The second-order valence-corrected chi connectivity index (χ2v) is 3.78.